The van der Waals surface area contributed by atoms with Crippen molar-refractivity contribution in [1.29, 1.82) is 0 Å². The normalized spacial score (nSPS) is 11.4. The number of aromatic amines is 1. The summed E-state index contributed by atoms with van der Waals surface area (Å²) in [5.41, 5.74) is 1.30. The quantitative estimate of drug-likeness (QED) is 0.859. The van der Waals surface area contributed by atoms with E-state index >= 15 is 0 Å². The van der Waals surface area contributed by atoms with Gasteiger partial charge in [-0.05, 0) is 24.3 Å². The lowest BCUT2D eigenvalue weighted by Gasteiger charge is -2.08. The van der Waals surface area contributed by atoms with Gasteiger partial charge in [0.25, 0.3) is 0 Å². The highest BCUT2D eigenvalue weighted by atomic mass is 19.4. The maximum atomic E-state index is 11.9. The molecule has 84 valence electrons. The maximum absolute atomic E-state index is 11.9. The third-order valence-corrected chi connectivity index (χ3v) is 1.81. The van der Waals surface area contributed by atoms with Crippen molar-refractivity contribution in [3.63, 3.8) is 0 Å². The van der Waals surface area contributed by atoms with E-state index in [1.54, 1.807) is 0 Å². The Balaban J connectivity index is 2.17. The van der Waals surface area contributed by atoms with Crippen LogP contribution >= 0.6 is 0 Å². The number of nitrogens with zero attached hydrogens (tertiary/aromatic N) is 2. The molecule has 0 fully saturated rings. The van der Waals surface area contributed by atoms with Gasteiger partial charge in [0.15, 0.2) is 0 Å². The minimum absolute atomic E-state index is 0.260. The Morgan fingerprint density at radius 3 is 2.31 bits per heavy atom. The molecular weight excluding hydrogens is 223 g/mol. The summed E-state index contributed by atoms with van der Waals surface area (Å²) in [4.78, 5) is 0. The van der Waals surface area contributed by atoms with Crippen LogP contribution in [0.2, 0.25) is 0 Å². The maximum Gasteiger partial charge on any atom is 0.573 e. The van der Waals surface area contributed by atoms with Gasteiger partial charge >= 0.3 is 6.36 Å². The molecule has 2 rings (SSSR count). The summed E-state index contributed by atoms with van der Waals surface area (Å²) < 4.78 is 39.3. The first kappa shape index (κ1) is 10.5. The Labute approximate surface area is 88.0 Å². The van der Waals surface area contributed by atoms with Crippen LogP contribution in [0.3, 0.4) is 0 Å². The zero-order valence-electron chi connectivity index (χ0n) is 7.82. The van der Waals surface area contributed by atoms with Crippen molar-refractivity contribution < 1.29 is 17.9 Å². The van der Waals surface area contributed by atoms with Crippen molar-refractivity contribution in [3.8, 4) is 17.0 Å². The fourth-order valence-corrected chi connectivity index (χ4v) is 1.17. The van der Waals surface area contributed by atoms with Gasteiger partial charge in [0, 0.05) is 5.56 Å². The summed E-state index contributed by atoms with van der Waals surface area (Å²) in [7, 11) is 0. The molecule has 0 unspecified atom stereocenters. The fourth-order valence-electron chi connectivity index (χ4n) is 1.17. The van der Waals surface area contributed by atoms with Crippen LogP contribution in [0.15, 0.2) is 30.5 Å². The van der Waals surface area contributed by atoms with E-state index in [1.807, 2.05) is 0 Å². The van der Waals surface area contributed by atoms with E-state index < -0.39 is 6.36 Å². The first-order chi connectivity index (χ1) is 7.54. The second-order valence-corrected chi connectivity index (χ2v) is 2.94. The molecule has 0 amide bonds. The van der Waals surface area contributed by atoms with Gasteiger partial charge in [-0.3, -0.25) is 5.10 Å². The Morgan fingerprint density at radius 1 is 1.12 bits per heavy atom. The first-order valence-corrected chi connectivity index (χ1v) is 4.27. The molecule has 1 heterocycles. The summed E-state index contributed by atoms with van der Waals surface area (Å²) >= 11 is 0. The van der Waals surface area contributed by atoms with Crippen LogP contribution in [0.5, 0.6) is 5.75 Å². The van der Waals surface area contributed by atoms with Gasteiger partial charge in [-0.25, -0.2) is 0 Å². The number of ether oxygens (including phenoxy) is 1. The zero-order valence-corrected chi connectivity index (χ0v) is 7.82. The topological polar surface area (TPSA) is 50.8 Å². The minimum atomic E-state index is -4.67. The third-order valence-electron chi connectivity index (χ3n) is 1.81. The highest BCUT2D eigenvalue weighted by molar-refractivity contribution is 5.58. The number of hydrogen-bond donors (Lipinski definition) is 1. The molecule has 0 aliphatic carbocycles. The van der Waals surface area contributed by atoms with Crippen molar-refractivity contribution in [3.05, 3.63) is 30.5 Å². The van der Waals surface area contributed by atoms with Crippen LogP contribution in [0, 0.1) is 0 Å². The van der Waals surface area contributed by atoms with Crippen LogP contribution in [0.1, 0.15) is 0 Å². The molecule has 0 saturated heterocycles. The Kier molecular flexibility index (Phi) is 2.51. The standard InChI is InChI=1S/C9H6F3N3O/c10-9(11,12)16-7-3-1-6(2-4-7)8-5-13-15-14-8/h1-5H,(H,13,14,15). The summed E-state index contributed by atoms with van der Waals surface area (Å²) in [6.45, 7) is 0. The molecule has 7 heteroatoms. The second-order valence-electron chi connectivity index (χ2n) is 2.94. The molecule has 2 aromatic rings. The Morgan fingerprint density at radius 2 is 1.81 bits per heavy atom. The molecule has 0 atom stereocenters. The number of hydrogen-bond acceptors (Lipinski definition) is 3. The Bertz CT molecular complexity index is 450. The molecular formula is C9H6F3N3O. The summed E-state index contributed by atoms with van der Waals surface area (Å²) in [6.07, 6.45) is -3.20. The lowest BCUT2D eigenvalue weighted by atomic mass is 10.2. The lowest BCUT2D eigenvalue weighted by molar-refractivity contribution is -0.274. The predicted octanol–water partition coefficient (Wildman–Crippen LogP) is 2.37. The number of H-pyrrole nitrogens is 1. The molecule has 0 spiro atoms. The number of halogens is 3. The summed E-state index contributed by atoms with van der Waals surface area (Å²) in [6, 6.07) is 5.42. The largest absolute Gasteiger partial charge is 0.573 e. The average molecular weight is 229 g/mol. The van der Waals surface area contributed by atoms with E-state index in [-0.39, 0.29) is 5.75 Å². The molecule has 1 aromatic carbocycles. The van der Waals surface area contributed by atoms with E-state index in [0.717, 1.165) is 0 Å². The van der Waals surface area contributed by atoms with Crippen molar-refractivity contribution in [1.82, 2.24) is 15.4 Å². The lowest BCUT2D eigenvalue weighted by Crippen LogP contribution is -2.16. The molecule has 0 aliphatic heterocycles. The van der Waals surface area contributed by atoms with Gasteiger partial charge < -0.3 is 4.74 Å². The second kappa shape index (κ2) is 3.84. The van der Waals surface area contributed by atoms with Crippen LogP contribution in [0.4, 0.5) is 13.2 Å². The third kappa shape index (κ3) is 2.50. The van der Waals surface area contributed by atoms with Gasteiger partial charge in [-0.1, -0.05) is 5.21 Å². The van der Waals surface area contributed by atoms with Crippen LogP contribution in [-0.2, 0) is 0 Å². The molecule has 0 aliphatic rings. The number of alkyl halides is 3. The van der Waals surface area contributed by atoms with Crippen molar-refractivity contribution >= 4 is 0 Å². The van der Waals surface area contributed by atoms with E-state index in [1.165, 1.54) is 30.5 Å². The summed E-state index contributed by atoms with van der Waals surface area (Å²) in [5, 5.41) is 9.65. The monoisotopic (exact) mass is 229 g/mol. The smallest absolute Gasteiger partial charge is 0.406 e. The minimum Gasteiger partial charge on any atom is -0.406 e. The highest BCUT2D eigenvalue weighted by Crippen LogP contribution is 2.25. The van der Waals surface area contributed by atoms with Crippen LogP contribution < -0.4 is 4.74 Å². The number of aromatic nitrogens is 3. The number of benzene rings is 1. The van der Waals surface area contributed by atoms with Crippen molar-refractivity contribution in [2.45, 2.75) is 6.36 Å². The SMILES string of the molecule is FC(F)(F)Oc1ccc(-c2cnn[nH]2)cc1. The van der Waals surface area contributed by atoms with Crippen LogP contribution in [-0.4, -0.2) is 21.8 Å². The molecule has 4 nitrogen and oxygen atoms in total. The van der Waals surface area contributed by atoms with E-state index in [0.29, 0.717) is 11.3 Å². The number of nitrogens with one attached hydrogen (secondary N) is 1. The average Bonchev–Trinajstić information content (AvgIpc) is 2.69. The van der Waals surface area contributed by atoms with Gasteiger partial charge in [-0.2, -0.15) is 0 Å². The molecule has 0 saturated carbocycles. The van der Waals surface area contributed by atoms with E-state index in [2.05, 4.69) is 20.1 Å². The highest BCUT2D eigenvalue weighted by Gasteiger charge is 2.30. The van der Waals surface area contributed by atoms with Gasteiger partial charge in [0.05, 0.1) is 11.9 Å². The van der Waals surface area contributed by atoms with Gasteiger partial charge in [-0.15, -0.1) is 18.3 Å². The van der Waals surface area contributed by atoms with Crippen molar-refractivity contribution in [2.75, 3.05) is 0 Å². The first-order valence-electron chi connectivity index (χ1n) is 4.27. The number of rotatable bonds is 2. The summed E-state index contributed by atoms with van der Waals surface area (Å²) in [5.74, 6) is -0.260. The van der Waals surface area contributed by atoms with E-state index in [9.17, 15) is 13.2 Å². The predicted molar refractivity (Wildman–Crippen MR) is 48.5 cm³/mol. The molecule has 16 heavy (non-hydrogen) atoms. The van der Waals surface area contributed by atoms with Gasteiger partial charge in [0.1, 0.15) is 5.75 Å². The van der Waals surface area contributed by atoms with Crippen molar-refractivity contribution in [2.24, 2.45) is 0 Å². The van der Waals surface area contributed by atoms with Crippen LogP contribution in [0.25, 0.3) is 11.3 Å². The molecule has 0 radical (unpaired) electrons. The molecule has 1 N–H and O–H groups in total. The van der Waals surface area contributed by atoms with Gasteiger partial charge in [0.2, 0.25) is 0 Å². The molecule has 1 aromatic heterocycles. The fraction of sp³-hybridized carbons (Fsp3) is 0.111. The molecule has 0 bridgehead atoms. The zero-order chi connectivity index (χ0) is 11.6. The van der Waals surface area contributed by atoms with E-state index in [4.69, 9.17) is 0 Å². The Hall–Kier alpha value is -2.05.